The maximum atomic E-state index is 12.9. The van der Waals surface area contributed by atoms with Crippen LogP contribution in [-0.2, 0) is 23.0 Å². The summed E-state index contributed by atoms with van der Waals surface area (Å²) in [6.45, 7) is 1.47. The molecule has 1 saturated carbocycles. The van der Waals surface area contributed by atoms with Gasteiger partial charge in [-0.25, -0.2) is 9.78 Å². The first-order chi connectivity index (χ1) is 16.8. The normalized spacial score (nSPS) is 16.2. The Morgan fingerprint density at radius 3 is 2.46 bits per heavy atom. The summed E-state index contributed by atoms with van der Waals surface area (Å²) in [6.07, 6.45) is -0.886. The van der Waals surface area contributed by atoms with Gasteiger partial charge in [0.05, 0.1) is 30.3 Å². The molecule has 0 saturated heterocycles. The van der Waals surface area contributed by atoms with E-state index < -0.39 is 11.7 Å². The Morgan fingerprint density at radius 1 is 1.11 bits per heavy atom. The predicted octanol–water partition coefficient (Wildman–Crippen LogP) is 5.39. The second-order valence-corrected chi connectivity index (χ2v) is 8.75. The number of fused-ring (bicyclic) bond motifs is 1. The quantitative estimate of drug-likeness (QED) is 0.475. The number of aromatic nitrogens is 1. The minimum atomic E-state index is -4.36. The number of ether oxygens (including phenoxy) is 2. The molecule has 0 spiro atoms. The topological polar surface area (TPSA) is 63.7 Å². The highest BCUT2D eigenvalue weighted by Gasteiger charge is 2.45. The first-order valence-electron chi connectivity index (χ1n) is 11.3. The molecule has 0 radical (unpaired) electrons. The number of halogens is 3. The van der Waals surface area contributed by atoms with Gasteiger partial charge in [-0.05, 0) is 48.2 Å². The Hall–Kier alpha value is -3.75. The summed E-state index contributed by atoms with van der Waals surface area (Å²) in [5, 5.41) is 3.58. The van der Waals surface area contributed by atoms with Crippen molar-refractivity contribution in [3.8, 4) is 5.75 Å². The van der Waals surface area contributed by atoms with E-state index in [2.05, 4.69) is 15.2 Å². The maximum Gasteiger partial charge on any atom is 0.416 e. The summed E-state index contributed by atoms with van der Waals surface area (Å²) in [5.74, 6) is 0.949. The van der Waals surface area contributed by atoms with Crippen LogP contribution < -0.4 is 15.0 Å². The number of hydrogen-bond donors (Lipinski definition) is 1. The number of anilines is 2. The highest BCUT2D eigenvalue weighted by atomic mass is 19.4. The minimum Gasteiger partial charge on any atom is -0.489 e. The lowest BCUT2D eigenvalue weighted by Crippen LogP contribution is -2.34. The molecule has 2 heterocycles. The van der Waals surface area contributed by atoms with Gasteiger partial charge >= 0.3 is 12.1 Å². The molecule has 5 rings (SSSR count). The number of carbonyl (C=O) groups excluding carboxylic acids is 1. The smallest absolute Gasteiger partial charge is 0.416 e. The van der Waals surface area contributed by atoms with E-state index in [0.717, 1.165) is 41.8 Å². The van der Waals surface area contributed by atoms with E-state index in [9.17, 15) is 18.0 Å². The van der Waals surface area contributed by atoms with Gasteiger partial charge in [0.25, 0.3) is 0 Å². The lowest BCUT2D eigenvalue weighted by atomic mass is 10.0. The van der Waals surface area contributed by atoms with Gasteiger partial charge in [0.2, 0.25) is 0 Å². The van der Waals surface area contributed by atoms with Crippen LogP contribution in [-0.4, -0.2) is 31.2 Å². The highest BCUT2D eigenvalue weighted by molar-refractivity contribution is 5.89. The second-order valence-electron chi connectivity index (χ2n) is 8.75. The molecule has 182 valence electrons. The molecule has 0 bridgehead atoms. The molecule has 0 unspecified atom stereocenters. The third-order valence-electron chi connectivity index (χ3n) is 6.44. The minimum absolute atomic E-state index is 0.311. The van der Waals surface area contributed by atoms with E-state index >= 15 is 0 Å². The molecule has 1 fully saturated rings. The highest BCUT2D eigenvalue weighted by Crippen LogP contribution is 2.50. The van der Waals surface area contributed by atoms with Crippen LogP contribution in [0, 0.1) is 0 Å². The largest absolute Gasteiger partial charge is 0.489 e. The molecule has 2 aliphatic rings. The van der Waals surface area contributed by atoms with Gasteiger partial charge in [-0.2, -0.15) is 13.2 Å². The van der Waals surface area contributed by atoms with Gasteiger partial charge in [0.1, 0.15) is 18.0 Å². The molecule has 9 heteroatoms. The van der Waals surface area contributed by atoms with Gasteiger partial charge < -0.3 is 19.7 Å². The summed E-state index contributed by atoms with van der Waals surface area (Å²) in [5.41, 5.74) is 2.10. The zero-order valence-corrected chi connectivity index (χ0v) is 19.1. The summed E-state index contributed by atoms with van der Waals surface area (Å²) in [7, 11) is 1.35. The average molecular weight is 483 g/mol. The number of methoxy groups -OCH3 is 1. The lowest BCUT2D eigenvalue weighted by Gasteiger charge is -2.33. The number of benzene rings is 2. The molecule has 1 aromatic heterocycles. The van der Waals surface area contributed by atoms with Crippen molar-refractivity contribution in [2.24, 2.45) is 0 Å². The van der Waals surface area contributed by atoms with Crippen LogP contribution >= 0.6 is 0 Å². The number of nitrogens with zero attached hydrogens (tertiary/aromatic N) is 2. The van der Waals surface area contributed by atoms with E-state index in [0.29, 0.717) is 36.8 Å². The summed E-state index contributed by atoms with van der Waals surface area (Å²) < 4.78 is 49.5. The standard InChI is InChI=1S/C26H24F3N3O3/c1-34-24(33)18-4-8-19(9-5-18)25(11-12-25)31-23-22-21(10-13-30-23)35-15-14-32(22)16-17-2-6-20(7-3-17)26(27,28)29/h2-10,13H,11-12,14-16H2,1H3,(H,30,31). The SMILES string of the molecule is COC(=O)c1ccc(C2(Nc3nccc4c3N(Cc3ccc(C(F)(F)F)cc3)CCO4)CC2)cc1. The molecule has 6 nitrogen and oxygen atoms in total. The third kappa shape index (κ3) is 4.62. The van der Waals surface area contributed by atoms with Crippen molar-refractivity contribution >= 4 is 17.5 Å². The first kappa shape index (κ1) is 23.0. The fourth-order valence-electron chi connectivity index (χ4n) is 4.39. The van der Waals surface area contributed by atoms with E-state index in [-0.39, 0.29) is 11.5 Å². The molecular formula is C26H24F3N3O3. The first-order valence-corrected chi connectivity index (χ1v) is 11.3. The number of pyridine rings is 1. The van der Waals surface area contributed by atoms with Crippen molar-refractivity contribution in [3.63, 3.8) is 0 Å². The van der Waals surface area contributed by atoms with Gasteiger partial charge in [-0.1, -0.05) is 24.3 Å². The molecule has 3 aromatic rings. The third-order valence-corrected chi connectivity index (χ3v) is 6.44. The lowest BCUT2D eigenvalue weighted by molar-refractivity contribution is -0.137. The van der Waals surface area contributed by atoms with Crippen LogP contribution in [0.5, 0.6) is 5.75 Å². The van der Waals surface area contributed by atoms with Crippen LogP contribution in [0.2, 0.25) is 0 Å². The number of hydrogen-bond acceptors (Lipinski definition) is 6. The monoisotopic (exact) mass is 483 g/mol. The van der Waals surface area contributed by atoms with Gasteiger partial charge in [-0.3, -0.25) is 0 Å². The molecule has 35 heavy (non-hydrogen) atoms. The fourth-order valence-corrected chi connectivity index (χ4v) is 4.39. The van der Waals surface area contributed by atoms with Crippen molar-refractivity contribution in [3.05, 3.63) is 83.0 Å². The molecule has 2 aromatic carbocycles. The van der Waals surface area contributed by atoms with Gasteiger partial charge in [0, 0.05) is 18.8 Å². The van der Waals surface area contributed by atoms with E-state index in [4.69, 9.17) is 9.47 Å². The molecule has 1 N–H and O–H groups in total. The van der Waals surface area contributed by atoms with E-state index in [1.54, 1.807) is 24.4 Å². The Kier molecular flexibility index (Phi) is 5.78. The van der Waals surface area contributed by atoms with Crippen molar-refractivity contribution < 1.29 is 27.4 Å². The van der Waals surface area contributed by atoms with E-state index in [1.165, 1.54) is 19.2 Å². The summed E-state index contributed by atoms with van der Waals surface area (Å²) in [4.78, 5) is 18.4. The Bertz CT molecular complexity index is 1220. The predicted molar refractivity (Wildman–Crippen MR) is 125 cm³/mol. The van der Waals surface area contributed by atoms with Crippen molar-refractivity contribution in [2.45, 2.75) is 31.1 Å². The van der Waals surface area contributed by atoms with Crippen LogP contribution in [0.3, 0.4) is 0 Å². The molecule has 0 atom stereocenters. The summed E-state index contributed by atoms with van der Waals surface area (Å²) in [6, 6.07) is 14.3. The van der Waals surface area contributed by atoms with Crippen LogP contribution in [0.4, 0.5) is 24.7 Å². The maximum absolute atomic E-state index is 12.9. The average Bonchev–Trinajstić information content (AvgIpc) is 3.64. The number of alkyl halides is 3. The summed E-state index contributed by atoms with van der Waals surface area (Å²) >= 11 is 0. The van der Waals surface area contributed by atoms with Crippen molar-refractivity contribution in [2.75, 3.05) is 30.5 Å². The number of esters is 1. The van der Waals surface area contributed by atoms with Gasteiger partial charge in [0.15, 0.2) is 5.82 Å². The molecule has 0 amide bonds. The fraction of sp³-hybridized carbons (Fsp3) is 0.308. The number of rotatable bonds is 6. The Balaban J connectivity index is 1.40. The number of nitrogens with one attached hydrogen (secondary N) is 1. The molecule has 1 aliphatic carbocycles. The zero-order chi connectivity index (χ0) is 24.6. The van der Waals surface area contributed by atoms with E-state index in [1.807, 2.05) is 12.1 Å². The van der Waals surface area contributed by atoms with Crippen molar-refractivity contribution in [1.29, 1.82) is 0 Å². The molecular weight excluding hydrogens is 459 g/mol. The Morgan fingerprint density at radius 2 is 1.83 bits per heavy atom. The van der Waals surface area contributed by atoms with Crippen LogP contribution in [0.25, 0.3) is 0 Å². The van der Waals surface area contributed by atoms with Crippen LogP contribution in [0.1, 0.15) is 39.9 Å². The van der Waals surface area contributed by atoms with Crippen molar-refractivity contribution in [1.82, 2.24) is 4.98 Å². The Labute approximate surface area is 200 Å². The number of carbonyl (C=O) groups is 1. The second kappa shape index (κ2) is 8.79. The van der Waals surface area contributed by atoms with Crippen LogP contribution in [0.15, 0.2) is 60.8 Å². The van der Waals surface area contributed by atoms with Gasteiger partial charge in [-0.15, -0.1) is 0 Å². The zero-order valence-electron chi connectivity index (χ0n) is 19.1. The molecule has 1 aliphatic heterocycles.